The first kappa shape index (κ1) is 11.8. The van der Waals surface area contributed by atoms with Crippen LogP contribution in [0.2, 0.25) is 0 Å². The van der Waals surface area contributed by atoms with Gasteiger partial charge in [-0.3, -0.25) is 19.7 Å². The highest BCUT2D eigenvalue weighted by atomic mass is 16.2. The molecular weight excluding hydrogens is 238 g/mol. The molecule has 0 unspecified atom stereocenters. The van der Waals surface area contributed by atoms with Gasteiger partial charge >= 0.3 is 0 Å². The van der Waals surface area contributed by atoms with Gasteiger partial charge in [-0.2, -0.15) is 0 Å². The first-order chi connectivity index (χ1) is 8.47. The molecule has 1 saturated heterocycles. The van der Waals surface area contributed by atoms with E-state index in [1.807, 2.05) is 0 Å². The number of carbonyl (C=O) groups excluding carboxylic acids is 3. The molecule has 1 aromatic rings. The monoisotopic (exact) mass is 249 g/mol. The molecule has 0 bridgehead atoms. The van der Waals surface area contributed by atoms with Crippen molar-refractivity contribution in [2.24, 2.45) is 5.73 Å². The molecule has 0 radical (unpaired) electrons. The van der Waals surface area contributed by atoms with Gasteiger partial charge in [-0.1, -0.05) is 0 Å². The van der Waals surface area contributed by atoms with Crippen LogP contribution in [0.15, 0.2) is 12.1 Å². The molecule has 8 nitrogen and oxygen atoms in total. The van der Waals surface area contributed by atoms with Crippen LogP contribution < -0.4 is 21.7 Å². The highest BCUT2D eigenvalue weighted by molar-refractivity contribution is 6.03. The summed E-state index contributed by atoms with van der Waals surface area (Å²) in [6, 6.07) is 2.84. The molecule has 1 aliphatic rings. The third-order valence-electron chi connectivity index (χ3n) is 2.41. The number of hydrogen-bond acceptors (Lipinski definition) is 6. The van der Waals surface area contributed by atoms with E-state index < -0.39 is 17.7 Å². The van der Waals surface area contributed by atoms with Crippen LogP contribution in [0.4, 0.5) is 11.5 Å². The summed E-state index contributed by atoms with van der Waals surface area (Å²) >= 11 is 0. The second-order valence-electron chi connectivity index (χ2n) is 3.80. The topological polar surface area (TPSA) is 131 Å². The average Bonchev–Trinajstić information content (AvgIpc) is 2.27. The number of hydrogen-bond donors (Lipinski definition) is 3. The van der Waals surface area contributed by atoms with E-state index in [1.54, 1.807) is 0 Å². The van der Waals surface area contributed by atoms with Gasteiger partial charge in [0, 0.05) is 0 Å². The molecule has 18 heavy (non-hydrogen) atoms. The molecule has 94 valence electrons. The number of carbonyl (C=O) groups is 3. The van der Waals surface area contributed by atoms with Crippen molar-refractivity contribution < 1.29 is 14.4 Å². The number of imide groups is 1. The first-order valence-corrected chi connectivity index (χ1v) is 5.11. The highest BCUT2D eigenvalue weighted by Crippen LogP contribution is 2.21. The van der Waals surface area contributed by atoms with Crippen molar-refractivity contribution in [2.75, 3.05) is 23.7 Å². The van der Waals surface area contributed by atoms with Gasteiger partial charge in [0.05, 0.1) is 18.8 Å². The molecule has 1 fully saturated rings. The van der Waals surface area contributed by atoms with E-state index in [2.05, 4.69) is 10.3 Å². The van der Waals surface area contributed by atoms with E-state index in [4.69, 9.17) is 11.5 Å². The Hall–Kier alpha value is -2.64. The molecule has 2 rings (SSSR count). The van der Waals surface area contributed by atoms with Crippen LogP contribution in [0.1, 0.15) is 10.5 Å². The van der Waals surface area contributed by atoms with Crippen molar-refractivity contribution in [3.8, 4) is 0 Å². The van der Waals surface area contributed by atoms with Crippen molar-refractivity contribution in [3.05, 3.63) is 17.8 Å². The number of nitrogens with zero attached hydrogens (tertiary/aromatic N) is 2. The van der Waals surface area contributed by atoms with Crippen molar-refractivity contribution in [2.45, 2.75) is 0 Å². The Labute approximate surface area is 102 Å². The summed E-state index contributed by atoms with van der Waals surface area (Å²) in [5.41, 5.74) is 11.1. The SMILES string of the molecule is NC(=O)c1ccc(N)c(N2CC(=O)NC(=O)C2)n1. The number of piperazine rings is 1. The summed E-state index contributed by atoms with van der Waals surface area (Å²) in [7, 11) is 0. The number of aromatic nitrogens is 1. The molecule has 0 saturated carbocycles. The second kappa shape index (κ2) is 4.32. The minimum atomic E-state index is -0.705. The Bertz CT molecular complexity index is 526. The van der Waals surface area contributed by atoms with Crippen LogP contribution in [0.3, 0.4) is 0 Å². The van der Waals surface area contributed by atoms with E-state index in [0.29, 0.717) is 0 Å². The molecule has 5 N–H and O–H groups in total. The molecular formula is C10H11N5O3. The smallest absolute Gasteiger partial charge is 0.267 e. The van der Waals surface area contributed by atoms with E-state index in [1.165, 1.54) is 17.0 Å². The van der Waals surface area contributed by atoms with Crippen LogP contribution in [0.5, 0.6) is 0 Å². The average molecular weight is 249 g/mol. The van der Waals surface area contributed by atoms with Gasteiger partial charge in [0.15, 0.2) is 5.82 Å². The molecule has 2 heterocycles. The lowest BCUT2D eigenvalue weighted by Gasteiger charge is -2.27. The predicted octanol–water partition coefficient (Wildman–Crippen LogP) is -1.77. The molecule has 0 atom stereocenters. The van der Waals surface area contributed by atoms with Crippen molar-refractivity contribution in [3.63, 3.8) is 0 Å². The number of nitrogens with one attached hydrogen (secondary N) is 1. The number of rotatable bonds is 2. The van der Waals surface area contributed by atoms with Crippen molar-refractivity contribution >= 4 is 29.2 Å². The fourth-order valence-corrected chi connectivity index (χ4v) is 1.64. The lowest BCUT2D eigenvalue weighted by Crippen LogP contribution is -2.52. The van der Waals surface area contributed by atoms with Gasteiger partial charge < -0.3 is 16.4 Å². The van der Waals surface area contributed by atoms with Gasteiger partial charge in [0.1, 0.15) is 5.69 Å². The van der Waals surface area contributed by atoms with Crippen LogP contribution in [0, 0.1) is 0 Å². The minimum Gasteiger partial charge on any atom is -0.396 e. The maximum Gasteiger partial charge on any atom is 0.267 e. The molecule has 0 aromatic carbocycles. The zero-order chi connectivity index (χ0) is 13.3. The summed E-state index contributed by atoms with van der Waals surface area (Å²) in [6.45, 7) is -0.101. The van der Waals surface area contributed by atoms with Crippen LogP contribution in [-0.4, -0.2) is 35.8 Å². The zero-order valence-corrected chi connectivity index (χ0v) is 9.34. The number of pyridine rings is 1. The highest BCUT2D eigenvalue weighted by Gasteiger charge is 2.25. The Balaban J connectivity index is 2.37. The fraction of sp³-hybridized carbons (Fsp3) is 0.200. The van der Waals surface area contributed by atoms with E-state index in [9.17, 15) is 14.4 Å². The lowest BCUT2D eigenvalue weighted by molar-refractivity contribution is -0.130. The van der Waals surface area contributed by atoms with Crippen molar-refractivity contribution in [1.29, 1.82) is 0 Å². The number of anilines is 2. The minimum absolute atomic E-state index is 0.0256. The number of primary amides is 1. The van der Waals surface area contributed by atoms with Crippen LogP contribution >= 0.6 is 0 Å². The van der Waals surface area contributed by atoms with Crippen LogP contribution in [-0.2, 0) is 9.59 Å². The quantitative estimate of drug-likeness (QED) is 0.531. The fourth-order valence-electron chi connectivity index (χ4n) is 1.64. The standard InChI is InChI=1S/C10H11N5O3/c11-5-1-2-6(9(12)18)13-10(5)15-3-7(16)14-8(17)4-15/h1-2H,3-4,11H2,(H2,12,18)(H,14,16,17). The zero-order valence-electron chi connectivity index (χ0n) is 9.34. The van der Waals surface area contributed by atoms with Crippen LogP contribution in [0.25, 0.3) is 0 Å². The summed E-state index contributed by atoms with van der Waals surface area (Å²) in [6.07, 6.45) is 0. The van der Waals surface area contributed by atoms with E-state index in [0.717, 1.165) is 0 Å². The van der Waals surface area contributed by atoms with Gasteiger partial charge in [-0.05, 0) is 12.1 Å². The second-order valence-corrected chi connectivity index (χ2v) is 3.80. The maximum atomic E-state index is 11.3. The Kier molecular flexibility index (Phi) is 2.84. The van der Waals surface area contributed by atoms with E-state index >= 15 is 0 Å². The normalized spacial score (nSPS) is 15.4. The summed E-state index contributed by atoms with van der Waals surface area (Å²) in [5.74, 6) is -1.40. The lowest BCUT2D eigenvalue weighted by atomic mass is 10.2. The first-order valence-electron chi connectivity index (χ1n) is 5.11. The third kappa shape index (κ3) is 2.21. The molecule has 8 heteroatoms. The Morgan fingerprint density at radius 3 is 2.44 bits per heavy atom. The van der Waals surface area contributed by atoms with Gasteiger partial charge in [0.2, 0.25) is 11.8 Å². The molecule has 3 amide bonds. The largest absolute Gasteiger partial charge is 0.396 e. The molecule has 0 spiro atoms. The third-order valence-corrected chi connectivity index (χ3v) is 2.41. The van der Waals surface area contributed by atoms with Gasteiger partial charge in [0.25, 0.3) is 5.91 Å². The molecule has 1 aliphatic heterocycles. The number of amides is 3. The number of nitrogen functional groups attached to an aromatic ring is 1. The Morgan fingerprint density at radius 1 is 1.28 bits per heavy atom. The summed E-state index contributed by atoms with van der Waals surface area (Å²) < 4.78 is 0. The Morgan fingerprint density at radius 2 is 1.89 bits per heavy atom. The summed E-state index contributed by atoms with van der Waals surface area (Å²) in [5, 5.41) is 2.16. The molecule has 1 aromatic heterocycles. The maximum absolute atomic E-state index is 11.3. The van der Waals surface area contributed by atoms with Gasteiger partial charge in [-0.15, -0.1) is 0 Å². The predicted molar refractivity (Wildman–Crippen MR) is 62.5 cm³/mol. The van der Waals surface area contributed by atoms with Gasteiger partial charge in [-0.25, -0.2) is 4.98 Å². The van der Waals surface area contributed by atoms with Crippen molar-refractivity contribution in [1.82, 2.24) is 10.3 Å². The van der Waals surface area contributed by atoms with E-state index in [-0.39, 0.29) is 30.3 Å². The number of nitrogens with two attached hydrogens (primary N) is 2. The molecule has 0 aliphatic carbocycles. The summed E-state index contributed by atoms with van der Waals surface area (Å²) in [4.78, 5) is 38.9.